The Morgan fingerprint density at radius 1 is 1.61 bits per heavy atom. The summed E-state index contributed by atoms with van der Waals surface area (Å²) in [4.78, 5) is 0. The Bertz CT molecular complexity index is 479. The van der Waals surface area contributed by atoms with Crippen LogP contribution < -0.4 is 10.5 Å². The maximum absolute atomic E-state index is 12.0. The van der Waals surface area contributed by atoms with Gasteiger partial charge in [0.1, 0.15) is 0 Å². The summed E-state index contributed by atoms with van der Waals surface area (Å²) in [6.45, 7) is 1.89. The summed E-state index contributed by atoms with van der Waals surface area (Å²) in [5.74, 6) is 0.234. The number of H-pyrrole nitrogens is 1. The third kappa shape index (κ3) is 3.08. The molecule has 1 unspecified atom stereocenters. The Labute approximate surface area is 106 Å². The highest BCUT2D eigenvalue weighted by Gasteiger charge is 2.22. The van der Waals surface area contributed by atoms with E-state index >= 15 is 0 Å². The molecule has 7 nitrogen and oxygen atoms in total. The van der Waals surface area contributed by atoms with Crippen LogP contribution >= 0.6 is 0 Å². The molecule has 0 radical (unpaired) electrons. The van der Waals surface area contributed by atoms with Crippen molar-refractivity contribution in [2.24, 2.45) is 11.7 Å². The highest BCUT2D eigenvalue weighted by molar-refractivity contribution is 7.89. The molecule has 0 aromatic carbocycles. The summed E-state index contributed by atoms with van der Waals surface area (Å²) in [5.41, 5.74) is 5.95. The van der Waals surface area contributed by atoms with E-state index in [4.69, 9.17) is 10.5 Å². The van der Waals surface area contributed by atoms with Gasteiger partial charge in [0.2, 0.25) is 0 Å². The van der Waals surface area contributed by atoms with Gasteiger partial charge in [-0.25, -0.2) is 13.1 Å². The molecule has 2 rings (SSSR count). The van der Waals surface area contributed by atoms with Crippen LogP contribution in [0.4, 0.5) is 0 Å². The number of aromatic nitrogens is 2. The number of nitrogens with two attached hydrogens (primary N) is 1. The standard InChI is InChI=1S/C10H18N4O3S/c11-4-9-6-12-14-10(9)18(15,16)13-5-8-2-1-3-17-7-8/h6,8,13H,1-5,7,11H2,(H,12,14). The van der Waals surface area contributed by atoms with Crippen molar-refractivity contribution in [2.45, 2.75) is 24.4 Å². The van der Waals surface area contributed by atoms with Crippen LogP contribution in [0.25, 0.3) is 0 Å². The van der Waals surface area contributed by atoms with E-state index in [-0.39, 0.29) is 17.5 Å². The van der Waals surface area contributed by atoms with Crippen molar-refractivity contribution in [2.75, 3.05) is 19.8 Å². The molecule has 0 aliphatic carbocycles. The van der Waals surface area contributed by atoms with Crippen LogP contribution in [0, 0.1) is 5.92 Å². The fourth-order valence-corrected chi connectivity index (χ4v) is 3.20. The maximum Gasteiger partial charge on any atom is 0.257 e. The molecule has 0 saturated carbocycles. The highest BCUT2D eigenvalue weighted by Crippen LogP contribution is 2.15. The van der Waals surface area contributed by atoms with Gasteiger partial charge in [-0.15, -0.1) is 0 Å². The van der Waals surface area contributed by atoms with E-state index < -0.39 is 10.0 Å². The first kappa shape index (κ1) is 13.5. The van der Waals surface area contributed by atoms with Crippen LogP contribution in [-0.4, -0.2) is 38.4 Å². The van der Waals surface area contributed by atoms with Crippen LogP contribution in [0.3, 0.4) is 0 Å². The summed E-state index contributed by atoms with van der Waals surface area (Å²) in [5, 5.41) is 6.24. The summed E-state index contributed by atoms with van der Waals surface area (Å²) in [6, 6.07) is 0. The van der Waals surface area contributed by atoms with Gasteiger partial charge in [0.25, 0.3) is 10.0 Å². The molecule has 18 heavy (non-hydrogen) atoms. The van der Waals surface area contributed by atoms with Crippen LogP contribution in [0.5, 0.6) is 0 Å². The number of ether oxygens (including phenoxy) is 1. The quantitative estimate of drug-likeness (QED) is 0.675. The summed E-state index contributed by atoms with van der Waals surface area (Å²) in [7, 11) is -3.56. The van der Waals surface area contributed by atoms with Crippen molar-refractivity contribution in [3.8, 4) is 0 Å². The third-order valence-electron chi connectivity index (χ3n) is 2.98. The van der Waals surface area contributed by atoms with Crippen molar-refractivity contribution in [3.63, 3.8) is 0 Å². The molecule has 1 saturated heterocycles. The van der Waals surface area contributed by atoms with Gasteiger partial charge in [0.15, 0.2) is 5.03 Å². The number of nitrogens with one attached hydrogen (secondary N) is 2. The molecule has 1 aromatic heterocycles. The monoisotopic (exact) mass is 274 g/mol. The largest absolute Gasteiger partial charge is 0.381 e. The minimum Gasteiger partial charge on any atom is -0.381 e. The fraction of sp³-hybridized carbons (Fsp3) is 0.700. The summed E-state index contributed by atoms with van der Waals surface area (Å²) >= 11 is 0. The van der Waals surface area contributed by atoms with Gasteiger partial charge in [0, 0.05) is 25.3 Å². The zero-order valence-electron chi connectivity index (χ0n) is 10.1. The molecule has 0 bridgehead atoms. The van der Waals surface area contributed by atoms with E-state index in [9.17, 15) is 8.42 Å². The first-order valence-corrected chi connectivity index (χ1v) is 7.41. The van der Waals surface area contributed by atoms with Crippen molar-refractivity contribution < 1.29 is 13.2 Å². The topological polar surface area (TPSA) is 110 Å². The van der Waals surface area contributed by atoms with E-state index in [1.54, 1.807) is 0 Å². The third-order valence-corrected chi connectivity index (χ3v) is 4.42. The molecule has 1 aromatic rings. The zero-order valence-corrected chi connectivity index (χ0v) is 10.9. The summed E-state index contributed by atoms with van der Waals surface area (Å²) < 4.78 is 32.0. The first-order chi connectivity index (χ1) is 8.63. The Morgan fingerprint density at radius 2 is 2.44 bits per heavy atom. The number of nitrogens with zero attached hydrogens (tertiary/aromatic N) is 1. The highest BCUT2D eigenvalue weighted by atomic mass is 32.2. The molecule has 1 aliphatic rings. The second kappa shape index (κ2) is 5.79. The van der Waals surface area contributed by atoms with Crippen LogP contribution in [0.2, 0.25) is 0 Å². The minimum atomic E-state index is -3.56. The number of hydrogen-bond donors (Lipinski definition) is 3. The van der Waals surface area contributed by atoms with E-state index in [2.05, 4.69) is 14.9 Å². The smallest absolute Gasteiger partial charge is 0.257 e. The average Bonchev–Trinajstić information content (AvgIpc) is 2.87. The Hall–Kier alpha value is -0.960. The van der Waals surface area contributed by atoms with E-state index in [1.807, 2.05) is 0 Å². The van der Waals surface area contributed by atoms with Crippen molar-refractivity contribution in [1.82, 2.24) is 14.9 Å². The van der Waals surface area contributed by atoms with Gasteiger partial charge < -0.3 is 10.5 Å². The number of hydrogen-bond acceptors (Lipinski definition) is 5. The lowest BCUT2D eigenvalue weighted by molar-refractivity contribution is 0.0568. The van der Waals surface area contributed by atoms with Crippen LogP contribution in [0.15, 0.2) is 11.2 Å². The van der Waals surface area contributed by atoms with Crippen molar-refractivity contribution in [1.29, 1.82) is 0 Å². The number of sulfonamides is 1. The lowest BCUT2D eigenvalue weighted by Gasteiger charge is -2.22. The Morgan fingerprint density at radius 3 is 3.11 bits per heavy atom. The predicted octanol–water partition coefficient (Wildman–Crippen LogP) is -0.427. The second-order valence-corrected chi connectivity index (χ2v) is 6.07. The fourth-order valence-electron chi connectivity index (χ4n) is 1.95. The van der Waals surface area contributed by atoms with Gasteiger partial charge >= 0.3 is 0 Å². The second-order valence-electron chi connectivity index (χ2n) is 4.36. The normalized spacial score (nSPS) is 21.1. The van der Waals surface area contributed by atoms with Gasteiger partial charge in [0.05, 0.1) is 12.8 Å². The van der Waals surface area contributed by atoms with E-state index in [0.29, 0.717) is 18.7 Å². The SMILES string of the molecule is NCc1cn[nH]c1S(=O)(=O)NCC1CCCOC1. The Kier molecular flexibility index (Phi) is 4.33. The van der Waals surface area contributed by atoms with E-state index in [1.165, 1.54) is 6.20 Å². The lowest BCUT2D eigenvalue weighted by atomic mass is 10.0. The molecule has 0 amide bonds. The molecule has 2 heterocycles. The summed E-state index contributed by atoms with van der Waals surface area (Å²) in [6.07, 6.45) is 3.39. The van der Waals surface area contributed by atoms with Gasteiger partial charge in [-0.05, 0) is 18.8 Å². The predicted molar refractivity (Wildman–Crippen MR) is 65.2 cm³/mol. The van der Waals surface area contributed by atoms with Gasteiger partial charge in [-0.1, -0.05) is 0 Å². The molecule has 4 N–H and O–H groups in total. The van der Waals surface area contributed by atoms with Crippen molar-refractivity contribution in [3.05, 3.63) is 11.8 Å². The molecule has 1 atom stereocenters. The number of rotatable bonds is 5. The van der Waals surface area contributed by atoms with Gasteiger partial charge in [-0.2, -0.15) is 5.10 Å². The van der Waals surface area contributed by atoms with Crippen LogP contribution in [-0.2, 0) is 21.3 Å². The number of aromatic amines is 1. The average molecular weight is 274 g/mol. The molecule has 102 valence electrons. The van der Waals surface area contributed by atoms with Crippen molar-refractivity contribution >= 4 is 10.0 Å². The van der Waals surface area contributed by atoms with Gasteiger partial charge in [-0.3, -0.25) is 5.10 Å². The van der Waals surface area contributed by atoms with E-state index in [0.717, 1.165) is 19.4 Å². The lowest BCUT2D eigenvalue weighted by Crippen LogP contribution is -2.33. The minimum absolute atomic E-state index is 0.0572. The maximum atomic E-state index is 12.0. The zero-order chi connectivity index (χ0) is 13.0. The molecule has 1 fully saturated rings. The Balaban J connectivity index is 1.99. The first-order valence-electron chi connectivity index (χ1n) is 5.93. The van der Waals surface area contributed by atoms with Crippen LogP contribution in [0.1, 0.15) is 18.4 Å². The molecule has 0 spiro atoms. The molecule has 1 aliphatic heterocycles. The molecule has 8 heteroatoms. The molecular weight excluding hydrogens is 256 g/mol. The molecular formula is C10H18N4O3S.